The Kier molecular flexibility index (Phi) is 6.61. The number of carbonyl (C=O) groups excluding carboxylic acids is 1. The molecular formula is C13H19N3O4. The minimum absolute atomic E-state index is 0.0893. The third-order valence-electron chi connectivity index (χ3n) is 2.46. The number of likely N-dealkylation sites (N-methyl/N-ethyl adjacent to an activating group) is 1. The molecule has 0 saturated heterocycles. The summed E-state index contributed by atoms with van der Waals surface area (Å²) >= 11 is 0. The molecule has 1 heterocycles. The lowest BCUT2D eigenvalue weighted by Gasteiger charge is -2.10. The molecule has 20 heavy (non-hydrogen) atoms. The van der Waals surface area contributed by atoms with E-state index in [-0.39, 0.29) is 11.6 Å². The molecule has 1 aromatic heterocycles. The number of hydrogen-bond acceptors (Lipinski definition) is 5. The number of ether oxygens (including phenoxy) is 1. The molecule has 1 rings (SSSR count). The first-order valence-electron chi connectivity index (χ1n) is 6.20. The maximum absolute atomic E-state index is 11.7. The number of pyridine rings is 1. The van der Waals surface area contributed by atoms with Gasteiger partial charge in [-0.15, -0.1) is 0 Å². The molecular weight excluding hydrogens is 262 g/mol. The van der Waals surface area contributed by atoms with Gasteiger partial charge in [0.2, 0.25) is 0 Å². The van der Waals surface area contributed by atoms with Gasteiger partial charge in [-0.1, -0.05) is 0 Å². The molecule has 0 aliphatic rings. The van der Waals surface area contributed by atoms with Crippen LogP contribution in [-0.2, 0) is 4.74 Å². The Labute approximate surface area is 117 Å². The summed E-state index contributed by atoms with van der Waals surface area (Å²) < 4.78 is 5.33. The van der Waals surface area contributed by atoms with E-state index in [2.05, 4.69) is 10.3 Å². The van der Waals surface area contributed by atoms with E-state index in [1.165, 1.54) is 18.3 Å². The number of aromatic carboxylic acids is 1. The summed E-state index contributed by atoms with van der Waals surface area (Å²) in [6.07, 6.45) is 1.24. The van der Waals surface area contributed by atoms with Crippen LogP contribution >= 0.6 is 0 Å². The summed E-state index contributed by atoms with van der Waals surface area (Å²) in [5, 5.41) is 11.4. The summed E-state index contributed by atoms with van der Waals surface area (Å²) in [5.74, 6) is -1.42. The zero-order chi connectivity index (χ0) is 15.0. The van der Waals surface area contributed by atoms with Crippen LogP contribution in [0.4, 0.5) is 0 Å². The number of nitrogens with zero attached hydrogens (tertiary/aromatic N) is 2. The Bertz CT molecular complexity index is 445. The molecule has 0 radical (unpaired) electrons. The quantitative estimate of drug-likeness (QED) is 0.656. The van der Waals surface area contributed by atoms with Crippen LogP contribution in [0.5, 0.6) is 0 Å². The van der Waals surface area contributed by atoms with Gasteiger partial charge in [-0.25, -0.2) is 9.78 Å². The van der Waals surface area contributed by atoms with Crippen molar-refractivity contribution in [1.82, 2.24) is 15.2 Å². The van der Waals surface area contributed by atoms with E-state index >= 15 is 0 Å². The number of carbonyl (C=O) groups is 2. The third kappa shape index (κ3) is 5.77. The lowest BCUT2D eigenvalue weighted by Crippen LogP contribution is -2.28. The maximum atomic E-state index is 11.7. The first-order chi connectivity index (χ1) is 9.50. The van der Waals surface area contributed by atoms with Crippen molar-refractivity contribution >= 4 is 11.9 Å². The van der Waals surface area contributed by atoms with Gasteiger partial charge in [-0.3, -0.25) is 4.79 Å². The standard InChI is InChI=1S/C13H19N3O4/c1-16(2)6-8-20-7-5-14-12(17)10-3-4-11(13(18)19)15-9-10/h3-4,9H,5-8H2,1-2H3,(H,14,17)(H,18,19). The van der Waals surface area contributed by atoms with Crippen LogP contribution in [0.15, 0.2) is 18.3 Å². The van der Waals surface area contributed by atoms with Gasteiger partial charge >= 0.3 is 5.97 Å². The molecule has 0 aromatic carbocycles. The molecule has 0 spiro atoms. The third-order valence-corrected chi connectivity index (χ3v) is 2.46. The Morgan fingerprint density at radius 3 is 2.65 bits per heavy atom. The van der Waals surface area contributed by atoms with Crippen molar-refractivity contribution in [1.29, 1.82) is 0 Å². The predicted molar refractivity (Wildman–Crippen MR) is 72.9 cm³/mol. The van der Waals surface area contributed by atoms with Crippen LogP contribution < -0.4 is 5.32 Å². The lowest BCUT2D eigenvalue weighted by molar-refractivity contribution is 0.0689. The maximum Gasteiger partial charge on any atom is 0.354 e. The van der Waals surface area contributed by atoms with Crippen molar-refractivity contribution in [2.75, 3.05) is 40.4 Å². The van der Waals surface area contributed by atoms with E-state index in [1.807, 2.05) is 19.0 Å². The number of amides is 1. The van der Waals surface area contributed by atoms with Gasteiger partial charge in [0.25, 0.3) is 5.91 Å². The van der Waals surface area contributed by atoms with Crippen molar-refractivity contribution in [3.05, 3.63) is 29.6 Å². The number of aromatic nitrogens is 1. The van der Waals surface area contributed by atoms with Gasteiger partial charge in [-0.2, -0.15) is 0 Å². The molecule has 0 aliphatic carbocycles. The Balaban J connectivity index is 2.27. The smallest absolute Gasteiger partial charge is 0.354 e. The molecule has 0 atom stereocenters. The first-order valence-corrected chi connectivity index (χ1v) is 6.20. The summed E-state index contributed by atoms with van der Waals surface area (Å²) in [5.41, 5.74) is 0.233. The molecule has 7 heteroatoms. The van der Waals surface area contributed by atoms with E-state index in [1.54, 1.807) is 0 Å². The molecule has 1 amide bonds. The average molecular weight is 281 g/mol. The van der Waals surface area contributed by atoms with E-state index in [0.29, 0.717) is 25.3 Å². The fourth-order valence-corrected chi connectivity index (χ4v) is 1.34. The minimum Gasteiger partial charge on any atom is -0.477 e. The highest BCUT2D eigenvalue weighted by Crippen LogP contribution is 2.00. The zero-order valence-corrected chi connectivity index (χ0v) is 11.6. The van der Waals surface area contributed by atoms with Gasteiger partial charge in [0.05, 0.1) is 18.8 Å². The SMILES string of the molecule is CN(C)CCOCCNC(=O)c1ccc(C(=O)O)nc1. The molecule has 110 valence electrons. The van der Waals surface area contributed by atoms with Crippen molar-refractivity contribution in [2.24, 2.45) is 0 Å². The summed E-state index contributed by atoms with van der Waals surface area (Å²) in [6, 6.07) is 2.73. The van der Waals surface area contributed by atoms with Crippen LogP contribution in [0, 0.1) is 0 Å². The largest absolute Gasteiger partial charge is 0.477 e. The fraction of sp³-hybridized carbons (Fsp3) is 0.462. The Morgan fingerprint density at radius 1 is 1.35 bits per heavy atom. The highest BCUT2D eigenvalue weighted by atomic mass is 16.5. The van der Waals surface area contributed by atoms with Crippen LogP contribution in [0.2, 0.25) is 0 Å². The van der Waals surface area contributed by atoms with Crippen LogP contribution in [-0.4, -0.2) is 67.3 Å². The summed E-state index contributed by atoms with van der Waals surface area (Å²) in [6.45, 7) is 2.26. The number of hydrogen-bond donors (Lipinski definition) is 2. The Morgan fingerprint density at radius 2 is 2.10 bits per heavy atom. The highest BCUT2D eigenvalue weighted by Gasteiger charge is 2.08. The van der Waals surface area contributed by atoms with E-state index in [0.717, 1.165) is 6.54 Å². The van der Waals surface area contributed by atoms with Crippen LogP contribution in [0.25, 0.3) is 0 Å². The van der Waals surface area contributed by atoms with Crippen LogP contribution in [0.1, 0.15) is 20.8 Å². The molecule has 7 nitrogen and oxygen atoms in total. The first kappa shape index (κ1) is 16.1. The fourth-order valence-electron chi connectivity index (χ4n) is 1.34. The van der Waals surface area contributed by atoms with Crippen molar-refractivity contribution < 1.29 is 19.4 Å². The van der Waals surface area contributed by atoms with Gasteiger partial charge < -0.3 is 20.1 Å². The van der Waals surface area contributed by atoms with E-state index < -0.39 is 5.97 Å². The van der Waals surface area contributed by atoms with Crippen LogP contribution in [0.3, 0.4) is 0 Å². The monoisotopic (exact) mass is 281 g/mol. The molecule has 1 aromatic rings. The summed E-state index contributed by atoms with van der Waals surface area (Å²) in [4.78, 5) is 28.0. The van der Waals surface area contributed by atoms with Crippen molar-refractivity contribution in [2.45, 2.75) is 0 Å². The Hall–Kier alpha value is -1.99. The summed E-state index contributed by atoms with van der Waals surface area (Å²) in [7, 11) is 3.91. The molecule has 2 N–H and O–H groups in total. The number of carboxylic acids is 1. The van der Waals surface area contributed by atoms with Crippen molar-refractivity contribution in [3.8, 4) is 0 Å². The normalized spacial score (nSPS) is 10.6. The molecule has 0 aliphatic heterocycles. The highest BCUT2D eigenvalue weighted by molar-refractivity contribution is 5.94. The van der Waals surface area contributed by atoms with Gasteiger partial charge in [0.1, 0.15) is 5.69 Å². The minimum atomic E-state index is -1.12. The lowest BCUT2D eigenvalue weighted by atomic mass is 10.2. The number of carboxylic acid groups (broad SMARTS) is 1. The molecule has 0 bridgehead atoms. The van der Waals surface area contributed by atoms with Gasteiger partial charge in [0, 0.05) is 19.3 Å². The van der Waals surface area contributed by atoms with Gasteiger partial charge in [-0.05, 0) is 26.2 Å². The topological polar surface area (TPSA) is 91.8 Å². The second-order valence-electron chi connectivity index (χ2n) is 4.41. The molecule has 0 unspecified atom stereocenters. The molecule has 0 fully saturated rings. The average Bonchev–Trinajstić information content (AvgIpc) is 2.42. The zero-order valence-electron chi connectivity index (χ0n) is 11.6. The van der Waals surface area contributed by atoms with E-state index in [9.17, 15) is 9.59 Å². The predicted octanol–water partition coefficient (Wildman–Crippen LogP) is 0.0878. The second-order valence-corrected chi connectivity index (χ2v) is 4.41. The van der Waals surface area contributed by atoms with Gasteiger partial charge in [0.15, 0.2) is 0 Å². The van der Waals surface area contributed by atoms with E-state index in [4.69, 9.17) is 9.84 Å². The molecule has 0 saturated carbocycles. The number of rotatable bonds is 8. The second kappa shape index (κ2) is 8.23. The van der Waals surface area contributed by atoms with Crippen molar-refractivity contribution in [3.63, 3.8) is 0 Å². The number of nitrogens with one attached hydrogen (secondary N) is 1.